The molecular weight excluding hydrogens is 294 g/mol. The standard InChI is InChI=1S/C14H17NO3S2/c1-4-9-11(15)13(14(16)18-5-2)20-12(9)10-6-8(17-3)7-19-10/h6-7H,4-5,15H2,1-3H3. The molecule has 0 aromatic carbocycles. The summed E-state index contributed by atoms with van der Waals surface area (Å²) in [4.78, 5) is 14.5. The van der Waals surface area contributed by atoms with Gasteiger partial charge in [0.05, 0.1) is 24.3 Å². The predicted octanol–water partition coefficient (Wildman–Crippen LogP) is 3.81. The van der Waals surface area contributed by atoms with Crippen molar-refractivity contribution in [3.8, 4) is 15.5 Å². The number of thiophene rings is 2. The molecular formula is C14H17NO3S2. The fourth-order valence-electron chi connectivity index (χ4n) is 1.92. The van der Waals surface area contributed by atoms with Crippen LogP contribution in [0.25, 0.3) is 9.75 Å². The summed E-state index contributed by atoms with van der Waals surface area (Å²) < 4.78 is 10.3. The fraction of sp³-hybridized carbons (Fsp3) is 0.357. The quantitative estimate of drug-likeness (QED) is 0.853. The van der Waals surface area contributed by atoms with Gasteiger partial charge in [-0.1, -0.05) is 6.92 Å². The van der Waals surface area contributed by atoms with Crippen LogP contribution in [-0.2, 0) is 11.2 Å². The average Bonchev–Trinajstić information content (AvgIpc) is 3.02. The van der Waals surface area contributed by atoms with Gasteiger partial charge in [0, 0.05) is 10.3 Å². The van der Waals surface area contributed by atoms with Gasteiger partial charge in [0.1, 0.15) is 10.6 Å². The smallest absolute Gasteiger partial charge is 0.350 e. The lowest BCUT2D eigenvalue weighted by atomic mass is 10.1. The Kier molecular flexibility index (Phi) is 4.67. The van der Waals surface area contributed by atoms with Crippen molar-refractivity contribution in [2.45, 2.75) is 20.3 Å². The number of anilines is 1. The van der Waals surface area contributed by atoms with E-state index in [1.807, 2.05) is 18.4 Å². The van der Waals surface area contributed by atoms with Crippen LogP contribution in [0, 0.1) is 0 Å². The van der Waals surface area contributed by atoms with Gasteiger partial charge in [-0.3, -0.25) is 0 Å². The molecule has 0 spiro atoms. The summed E-state index contributed by atoms with van der Waals surface area (Å²) in [6.07, 6.45) is 0.775. The van der Waals surface area contributed by atoms with Gasteiger partial charge in [-0.05, 0) is 25.0 Å². The molecule has 6 heteroatoms. The summed E-state index contributed by atoms with van der Waals surface area (Å²) in [7, 11) is 1.64. The van der Waals surface area contributed by atoms with Crippen molar-refractivity contribution < 1.29 is 14.3 Å². The maximum atomic E-state index is 11.9. The van der Waals surface area contributed by atoms with E-state index in [-0.39, 0.29) is 5.97 Å². The highest BCUT2D eigenvalue weighted by atomic mass is 32.1. The third kappa shape index (κ3) is 2.66. The molecule has 0 fully saturated rings. The van der Waals surface area contributed by atoms with Crippen LogP contribution < -0.4 is 10.5 Å². The highest BCUT2D eigenvalue weighted by molar-refractivity contribution is 7.23. The van der Waals surface area contributed by atoms with E-state index >= 15 is 0 Å². The van der Waals surface area contributed by atoms with Gasteiger partial charge in [-0.15, -0.1) is 22.7 Å². The minimum Gasteiger partial charge on any atom is -0.496 e. The lowest BCUT2D eigenvalue weighted by molar-refractivity contribution is 0.0533. The van der Waals surface area contributed by atoms with Crippen molar-refractivity contribution in [1.29, 1.82) is 0 Å². The highest BCUT2D eigenvalue weighted by Gasteiger charge is 2.22. The monoisotopic (exact) mass is 311 g/mol. The highest BCUT2D eigenvalue weighted by Crippen LogP contribution is 2.43. The van der Waals surface area contributed by atoms with E-state index in [0.717, 1.165) is 27.5 Å². The molecule has 0 aliphatic rings. The van der Waals surface area contributed by atoms with Gasteiger partial charge in [-0.2, -0.15) is 0 Å². The maximum absolute atomic E-state index is 11.9. The number of hydrogen-bond donors (Lipinski definition) is 1. The third-order valence-corrected chi connectivity index (χ3v) is 5.21. The SMILES string of the molecule is CCOC(=O)c1sc(-c2cc(OC)cs2)c(CC)c1N. The number of nitrogen functional groups attached to an aromatic ring is 1. The van der Waals surface area contributed by atoms with E-state index in [9.17, 15) is 4.79 Å². The third-order valence-electron chi connectivity index (χ3n) is 2.90. The van der Waals surface area contributed by atoms with Gasteiger partial charge in [0.15, 0.2) is 0 Å². The minimum atomic E-state index is -0.348. The van der Waals surface area contributed by atoms with Crippen LogP contribution in [-0.4, -0.2) is 19.7 Å². The Balaban J connectivity index is 2.47. The molecule has 2 heterocycles. The summed E-state index contributed by atoms with van der Waals surface area (Å²) in [6, 6.07) is 1.96. The molecule has 108 valence electrons. The molecule has 0 radical (unpaired) electrons. The molecule has 4 nitrogen and oxygen atoms in total. The number of ether oxygens (including phenoxy) is 2. The molecule has 0 saturated heterocycles. The topological polar surface area (TPSA) is 61.5 Å². The van der Waals surface area contributed by atoms with Crippen LogP contribution >= 0.6 is 22.7 Å². The van der Waals surface area contributed by atoms with E-state index in [1.165, 1.54) is 11.3 Å². The first-order valence-corrected chi connectivity index (χ1v) is 8.03. The van der Waals surface area contributed by atoms with Crippen molar-refractivity contribution in [3.63, 3.8) is 0 Å². The first-order chi connectivity index (χ1) is 9.62. The number of esters is 1. The van der Waals surface area contributed by atoms with Crippen LogP contribution in [0.3, 0.4) is 0 Å². The van der Waals surface area contributed by atoms with Crippen molar-refractivity contribution in [1.82, 2.24) is 0 Å². The van der Waals surface area contributed by atoms with Gasteiger partial charge >= 0.3 is 5.97 Å². The molecule has 0 saturated carbocycles. The number of carbonyl (C=O) groups excluding carboxylic acids is 1. The molecule has 2 aromatic rings. The summed E-state index contributed by atoms with van der Waals surface area (Å²) in [5.74, 6) is 0.469. The van der Waals surface area contributed by atoms with Crippen LogP contribution in [0.2, 0.25) is 0 Å². The number of methoxy groups -OCH3 is 1. The largest absolute Gasteiger partial charge is 0.496 e. The van der Waals surface area contributed by atoms with E-state index < -0.39 is 0 Å². The minimum absolute atomic E-state index is 0.347. The molecule has 2 aromatic heterocycles. The van der Waals surface area contributed by atoms with Crippen LogP contribution in [0.15, 0.2) is 11.4 Å². The Morgan fingerprint density at radius 1 is 1.40 bits per heavy atom. The van der Waals surface area contributed by atoms with Crippen LogP contribution in [0.4, 0.5) is 5.69 Å². The van der Waals surface area contributed by atoms with Crippen LogP contribution in [0.5, 0.6) is 5.75 Å². The summed E-state index contributed by atoms with van der Waals surface area (Å²) >= 11 is 2.97. The molecule has 0 aliphatic carbocycles. The molecule has 0 bridgehead atoms. The summed E-state index contributed by atoms with van der Waals surface area (Å²) in [5, 5.41) is 1.94. The Hall–Kier alpha value is -1.53. The lowest BCUT2D eigenvalue weighted by Crippen LogP contribution is -2.05. The zero-order valence-electron chi connectivity index (χ0n) is 11.7. The van der Waals surface area contributed by atoms with Gasteiger partial charge < -0.3 is 15.2 Å². The summed E-state index contributed by atoms with van der Waals surface area (Å²) in [5.41, 5.74) is 7.65. The lowest BCUT2D eigenvalue weighted by Gasteiger charge is -2.01. The van der Waals surface area contributed by atoms with Gasteiger partial charge in [-0.25, -0.2) is 4.79 Å². The average molecular weight is 311 g/mol. The van der Waals surface area contributed by atoms with E-state index in [4.69, 9.17) is 15.2 Å². The fourth-order valence-corrected chi connectivity index (χ4v) is 4.13. The van der Waals surface area contributed by atoms with E-state index in [1.54, 1.807) is 25.4 Å². The first-order valence-electron chi connectivity index (χ1n) is 6.33. The number of hydrogen-bond acceptors (Lipinski definition) is 6. The molecule has 20 heavy (non-hydrogen) atoms. The molecule has 0 atom stereocenters. The normalized spacial score (nSPS) is 10.6. The van der Waals surface area contributed by atoms with Crippen molar-refractivity contribution in [2.24, 2.45) is 0 Å². The Morgan fingerprint density at radius 3 is 2.70 bits per heavy atom. The van der Waals surface area contributed by atoms with Crippen LogP contribution in [0.1, 0.15) is 29.1 Å². The maximum Gasteiger partial charge on any atom is 0.350 e. The van der Waals surface area contributed by atoms with Crippen molar-refractivity contribution in [2.75, 3.05) is 19.5 Å². The van der Waals surface area contributed by atoms with Gasteiger partial charge in [0.25, 0.3) is 0 Å². The zero-order chi connectivity index (χ0) is 14.7. The first kappa shape index (κ1) is 14.9. The van der Waals surface area contributed by atoms with Crippen molar-refractivity contribution >= 4 is 34.3 Å². The molecule has 2 rings (SSSR count). The second-order valence-corrected chi connectivity index (χ2v) is 6.01. The van der Waals surface area contributed by atoms with Crippen molar-refractivity contribution in [3.05, 3.63) is 21.9 Å². The number of nitrogens with two attached hydrogens (primary N) is 1. The Morgan fingerprint density at radius 2 is 2.15 bits per heavy atom. The molecule has 2 N–H and O–H groups in total. The molecule has 0 amide bonds. The van der Waals surface area contributed by atoms with Gasteiger partial charge in [0.2, 0.25) is 0 Å². The van der Waals surface area contributed by atoms with E-state index in [2.05, 4.69) is 0 Å². The Labute approximate surface area is 126 Å². The Bertz CT molecular complexity index is 616. The second kappa shape index (κ2) is 6.28. The second-order valence-electron chi connectivity index (χ2n) is 4.08. The zero-order valence-corrected chi connectivity index (χ0v) is 13.3. The number of carbonyl (C=O) groups is 1. The molecule has 0 unspecified atom stereocenters. The summed E-state index contributed by atoms with van der Waals surface area (Å²) in [6.45, 7) is 4.16. The number of rotatable bonds is 5. The predicted molar refractivity (Wildman–Crippen MR) is 83.9 cm³/mol. The van der Waals surface area contributed by atoms with E-state index in [0.29, 0.717) is 17.2 Å². The molecule has 0 aliphatic heterocycles.